The van der Waals surface area contributed by atoms with Crippen LogP contribution in [0.1, 0.15) is 239 Å². The molecule has 0 bridgehead atoms. The number of unbranched alkanes of at least 4 members (excludes halogenated alkanes) is 31. The zero-order chi connectivity index (χ0) is 65.2. The number of rotatable bonds is 50. The van der Waals surface area contributed by atoms with Gasteiger partial charge < -0.3 is 96.1 Å². The summed E-state index contributed by atoms with van der Waals surface area (Å²) in [4.78, 5) is 34.9. The van der Waals surface area contributed by atoms with Gasteiger partial charge >= 0.3 is 15.6 Å². The third-order valence-electron chi connectivity index (χ3n) is 17.4. The van der Waals surface area contributed by atoms with Crippen molar-refractivity contribution in [2.45, 2.75) is 361 Å². The highest BCUT2D eigenvalue weighted by Crippen LogP contribution is 2.49. The normalized spacial score (nSPS) is 31.9. The Bertz CT molecular complexity index is 1890. The third-order valence-corrected chi connectivity index (χ3v) is 19.4. The van der Waals surface area contributed by atoms with E-state index in [1.807, 2.05) is 0 Å². The maximum atomic E-state index is 13.8. The molecule has 1 aliphatic heterocycles. The number of phosphoric acid groups is 2. The van der Waals surface area contributed by atoms with Gasteiger partial charge in [0, 0.05) is 6.42 Å². The number of carbonyl (C=O) groups is 1. The van der Waals surface area contributed by atoms with E-state index in [-0.39, 0.29) is 12.8 Å². The van der Waals surface area contributed by atoms with E-state index >= 15 is 0 Å². The van der Waals surface area contributed by atoms with Crippen LogP contribution in [-0.4, -0.2) is 223 Å². The fourth-order valence-electron chi connectivity index (χ4n) is 11.7. The predicted molar refractivity (Wildman–Crippen MR) is 324 cm³/mol. The van der Waals surface area contributed by atoms with Crippen LogP contribution in [0.3, 0.4) is 0 Å². The Labute approximate surface area is 521 Å². The van der Waals surface area contributed by atoms with Crippen LogP contribution in [0, 0.1) is 0 Å². The molecule has 2 saturated carbocycles. The molecule has 0 spiro atoms. The highest BCUT2D eigenvalue weighted by molar-refractivity contribution is 7.47. The van der Waals surface area contributed by atoms with E-state index in [1.54, 1.807) is 0 Å². The third kappa shape index (κ3) is 29.8. The Hall–Kier alpha value is -0.950. The lowest BCUT2D eigenvalue weighted by Gasteiger charge is -2.47. The molecule has 88 heavy (non-hydrogen) atoms. The van der Waals surface area contributed by atoms with E-state index in [9.17, 15) is 95.2 Å². The topological polar surface area (TPSA) is 442 Å². The molecule has 20 atom stereocenters. The van der Waals surface area contributed by atoms with Gasteiger partial charge in [0.05, 0.1) is 25.4 Å². The highest BCUT2D eigenvalue weighted by Gasteiger charge is 2.56. The Balaban J connectivity index is 1.59. The van der Waals surface area contributed by atoms with E-state index in [2.05, 4.69) is 19.2 Å². The molecular formula is C60H117NO25P2. The minimum atomic E-state index is -5.61. The van der Waals surface area contributed by atoms with Gasteiger partial charge in [-0.25, -0.2) is 9.13 Å². The van der Waals surface area contributed by atoms with Crippen molar-refractivity contribution in [3.8, 4) is 0 Å². The molecule has 0 aromatic rings. The molecule has 0 aromatic heterocycles. The fourth-order valence-corrected chi connectivity index (χ4v) is 13.6. The van der Waals surface area contributed by atoms with Gasteiger partial charge in [-0.1, -0.05) is 219 Å². The van der Waals surface area contributed by atoms with Gasteiger partial charge in [-0.2, -0.15) is 0 Å². The number of carbonyl (C=O) groups excluding carboxylic acids is 1. The molecule has 26 nitrogen and oxygen atoms in total. The lowest BCUT2D eigenvalue weighted by molar-refractivity contribution is -0.337. The highest BCUT2D eigenvalue weighted by atomic mass is 31.2. The first-order chi connectivity index (χ1) is 41.9. The summed E-state index contributed by atoms with van der Waals surface area (Å²) in [6, 6.07) is -1.51. The van der Waals surface area contributed by atoms with Crippen LogP contribution in [-0.2, 0) is 41.5 Å². The summed E-state index contributed by atoms with van der Waals surface area (Å²) in [5.41, 5.74) is 0. The van der Waals surface area contributed by atoms with E-state index in [0.717, 1.165) is 64.2 Å². The summed E-state index contributed by atoms with van der Waals surface area (Å²) < 4.78 is 57.8. The SMILES string of the molecule is CCCCCCCCCCCCCCCCCCCCCCCC(=O)NC(COP(=O)(O)OC1C(O)C(O)C(O)C(O)C1OC1OC(COP(=O)(O)OC2C(O)C(O)C(O)C(O)C2O)C(O)C(O)C1O)C(O)C(O)CCCCCCCCCCCCCC. The Morgan fingerprint density at radius 2 is 0.750 bits per heavy atom. The van der Waals surface area contributed by atoms with Crippen LogP contribution < -0.4 is 5.32 Å². The maximum absolute atomic E-state index is 13.8. The van der Waals surface area contributed by atoms with Crippen LogP contribution in [0.25, 0.3) is 0 Å². The molecule has 3 rings (SSSR count). The van der Waals surface area contributed by atoms with Crippen molar-refractivity contribution in [3.05, 3.63) is 0 Å². The average Bonchev–Trinajstić information content (AvgIpc) is 3.15. The van der Waals surface area contributed by atoms with Crippen LogP contribution in [0.15, 0.2) is 0 Å². The van der Waals surface area contributed by atoms with Gasteiger partial charge in [-0.3, -0.25) is 22.9 Å². The zero-order valence-corrected chi connectivity index (χ0v) is 54.2. The summed E-state index contributed by atoms with van der Waals surface area (Å²) in [6.45, 7) is 2.20. The predicted octanol–water partition coefficient (Wildman–Crippen LogP) is 4.36. The van der Waals surface area contributed by atoms with Crippen LogP contribution in [0.4, 0.5) is 0 Å². The van der Waals surface area contributed by atoms with E-state index in [1.165, 1.54) is 135 Å². The molecule has 17 N–H and O–H groups in total. The number of ether oxygens (including phenoxy) is 2. The fraction of sp³-hybridized carbons (Fsp3) is 0.983. The van der Waals surface area contributed by atoms with Crippen molar-refractivity contribution in [3.63, 3.8) is 0 Å². The minimum Gasteiger partial charge on any atom is -0.390 e. The number of hydrogen-bond donors (Lipinski definition) is 17. The lowest BCUT2D eigenvalue weighted by Crippen LogP contribution is -2.67. The maximum Gasteiger partial charge on any atom is 0.472 e. The molecule has 1 heterocycles. The molecule has 1 saturated heterocycles. The number of aliphatic hydroxyl groups excluding tert-OH is 14. The molecule has 0 radical (unpaired) electrons. The van der Waals surface area contributed by atoms with Gasteiger partial charge in [0.1, 0.15) is 104 Å². The Morgan fingerprint density at radius 3 is 1.17 bits per heavy atom. The van der Waals surface area contributed by atoms with Gasteiger partial charge in [0.2, 0.25) is 5.91 Å². The number of hydrogen-bond acceptors (Lipinski definition) is 23. The lowest BCUT2D eigenvalue weighted by atomic mass is 9.84. The second-order valence-corrected chi connectivity index (χ2v) is 27.7. The van der Waals surface area contributed by atoms with Gasteiger partial charge in [0.25, 0.3) is 0 Å². The summed E-state index contributed by atoms with van der Waals surface area (Å²) in [5, 5.41) is 152. The standard InChI is InChI=1S/C60H117NO25P2/c1-3-5-7-9-11-13-15-17-18-19-20-21-22-23-24-25-27-29-31-33-35-37-43(63)61-40(44(64)41(62)36-34-32-30-28-26-16-14-12-10-8-6-4-2)38-81-87(77,78)86-59-55(75)51(71)50(70)54(74)58(59)84-60-56(76)46(66)45(65)42(83-60)39-82-88(79,80)85-57-52(72)48(68)47(67)49(69)53(57)73/h40-42,44-60,62,64-76H,3-39H2,1-2H3,(H,61,63)(H,77,78)(H,79,80). The number of nitrogens with one attached hydrogen (secondary N) is 1. The van der Waals surface area contributed by atoms with Crippen LogP contribution in [0.2, 0.25) is 0 Å². The molecule has 2 aliphatic carbocycles. The Morgan fingerprint density at radius 1 is 0.420 bits per heavy atom. The van der Waals surface area contributed by atoms with Crippen LogP contribution in [0.5, 0.6) is 0 Å². The smallest absolute Gasteiger partial charge is 0.390 e. The monoisotopic (exact) mass is 1310 g/mol. The van der Waals surface area contributed by atoms with E-state index < -0.39 is 157 Å². The summed E-state index contributed by atoms with van der Waals surface area (Å²) in [7, 11) is -11.1. The number of phosphoric ester groups is 2. The van der Waals surface area contributed by atoms with Crippen molar-refractivity contribution >= 4 is 21.6 Å². The first-order valence-electron chi connectivity index (χ1n) is 33.3. The van der Waals surface area contributed by atoms with Crippen molar-refractivity contribution in [2.75, 3.05) is 13.2 Å². The first-order valence-corrected chi connectivity index (χ1v) is 36.3. The second kappa shape index (κ2) is 44.7. The zero-order valence-electron chi connectivity index (χ0n) is 52.4. The summed E-state index contributed by atoms with van der Waals surface area (Å²) >= 11 is 0. The average molecular weight is 1310 g/mol. The first kappa shape index (κ1) is 81.3. The molecule has 522 valence electrons. The number of amides is 1. The van der Waals surface area contributed by atoms with Crippen molar-refractivity contribution in [2.24, 2.45) is 0 Å². The van der Waals surface area contributed by atoms with E-state index in [4.69, 9.17) is 27.6 Å². The van der Waals surface area contributed by atoms with E-state index in [0.29, 0.717) is 12.8 Å². The van der Waals surface area contributed by atoms with Gasteiger partial charge in [0.15, 0.2) is 6.29 Å². The molecular weight excluding hydrogens is 1200 g/mol. The van der Waals surface area contributed by atoms with Crippen LogP contribution >= 0.6 is 15.6 Å². The second-order valence-electron chi connectivity index (χ2n) is 24.9. The van der Waals surface area contributed by atoms with Crippen molar-refractivity contribution < 1.29 is 123 Å². The van der Waals surface area contributed by atoms with Gasteiger partial charge in [-0.05, 0) is 12.8 Å². The van der Waals surface area contributed by atoms with Crippen molar-refractivity contribution in [1.82, 2.24) is 5.32 Å². The summed E-state index contributed by atoms with van der Waals surface area (Å²) in [6.07, 6.45) is -3.43. The minimum absolute atomic E-state index is 0.0210. The molecule has 3 aliphatic rings. The molecule has 1 amide bonds. The van der Waals surface area contributed by atoms with Gasteiger partial charge in [-0.15, -0.1) is 0 Å². The largest absolute Gasteiger partial charge is 0.472 e. The molecule has 3 fully saturated rings. The molecule has 0 aromatic carbocycles. The molecule has 20 unspecified atom stereocenters. The van der Waals surface area contributed by atoms with Crippen molar-refractivity contribution in [1.29, 1.82) is 0 Å². The Kier molecular flexibility index (Phi) is 41.3. The quantitative estimate of drug-likeness (QED) is 0.0297. The number of aliphatic hydroxyl groups is 14. The molecule has 28 heteroatoms. The summed E-state index contributed by atoms with van der Waals surface area (Å²) in [5.74, 6) is -0.549.